The van der Waals surface area contributed by atoms with Crippen LogP contribution in [0, 0.1) is 46.3 Å². The van der Waals surface area contributed by atoms with E-state index in [1.807, 2.05) is 0 Å². The SMILES string of the molecule is CCCCCCCCCCCCCCCC(=O)O[C@H]1CC[C@@]2(C)C(=CC[C@H]3[C@@H]4CC[C@H](C(C)CCCC(C)C)[C@@]4(C)CC[C@@H]32)C1. The molecule has 0 N–H and O–H groups in total. The van der Waals surface area contributed by atoms with Crippen molar-refractivity contribution in [2.75, 3.05) is 0 Å². The minimum Gasteiger partial charge on any atom is -0.462 e. The monoisotopic (exact) mass is 625 g/mol. The first-order valence-electron chi connectivity index (χ1n) is 20.6. The Morgan fingerprint density at radius 3 is 2.07 bits per heavy atom. The molecule has 4 rings (SSSR count). The molecule has 0 radical (unpaired) electrons. The van der Waals surface area contributed by atoms with Gasteiger partial charge in [-0.1, -0.05) is 150 Å². The maximum atomic E-state index is 12.8. The average molecular weight is 625 g/mol. The molecule has 3 saturated carbocycles. The third-order valence-corrected chi connectivity index (χ3v) is 14.0. The summed E-state index contributed by atoms with van der Waals surface area (Å²) in [6.45, 7) is 14.9. The van der Waals surface area contributed by atoms with Gasteiger partial charge in [0.2, 0.25) is 0 Å². The first kappa shape index (κ1) is 37.0. The zero-order valence-electron chi connectivity index (χ0n) is 31.1. The highest BCUT2D eigenvalue weighted by Gasteiger charge is 2.59. The van der Waals surface area contributed by atoms with Gasteiger partial charge in [0.1, 0.15) is 6.10 Å². The first-order chi connectivity index (χ1) is 21.7. The van der Waals surface area contributed by atoms with E-state index in [-0.39, 0.29) is 12.1 Å². The molecule has 2 heteroatoms. The van der Waals surface area contributed by atoms with Crippen LogP contribution in [0.25, 0.3) is 0 Å². The summed E-state index contributed by atoms with van der Waals surface area (Å²) in [5.41, 5.74) is 2.54. The molecule has 4 aliphatic carbocycles. The summed E-state index contributed by atoms with van der Waals surface area (Å²) >= 11 is 0. The fourth-order valence-corrected chi connectivity index (χ4v) is 11.3. The second-order valence-corrected chi connectivity index (χ2v) is 17.6. The Hall–Kier alpha value is -0.790. The molecule has 0 aromatic rings. The summed E-state index contributed by atoms with van der Waals surface area (Å²) in [4.78, 5) is 12.8. The quantitative estimate of drug-likeness (QED) is 0.0765. The maximum absolute atomic E-state index is 12.8. The van der Waals surface area contributed by atoms with Crippen LogP contribution in [0.2, 0.25) is 0 Å². The molecule has 0 amide bonds. The molecule has 1 unspecified atom stereocenters. The van der Waals surface area contributed by atoms with Crippen LogP contribution in [-0.4, -0.2) is 12.1 Å². The van der Waals surface area contributed by atoms with E-state index in [1.54, 1.807) is 5.57 Å². The van der Waals surface area contributed by atoms with Gasteiger partial charge in [-0.2, -0.15) is 0 Å². The number of hydrogen-bond acceptors (Lipinski definition) is 2. The molecule has 0 saturated heterocycles. The van der Waals surface area contributed by atoms with Crippen molar-refractivity contribution in [3.8, 4) is 0 Å². The lowest BCUT2D eigenvalue weighted by Crippen LogP contribution is -2.51. The minimum atomic E-state index is 0.0638. The van der Waals surface area contributed by atoms with Crippen LogP contribution >= 0.6 is 0 Å². The Labute approximate surface area is 281 Å². The van der Waals surface area contributed by atoms with Gasteiger partial charge in [-0.05, 0) is 97.7 Å². The topological polar surface area (TPSA) is 26.3 Å². The van der Waals surface area contributed by atoms with Crippen molar-refractivity contribution in [1.82, 2.24) is 0 Å². The third kappa shape index (κ3) is 9.87. The van der Waals surface area contributed by atoms with Crippen molar-refractivity contribution in [3.05, 3.63) is 11.6 Å². The lowest BCUT2D eigenvalue weighted by atomic mass is 9.47. The molecule has 8 atom stereocenters. The van der Waals surface area contributed by atoms with Gasteiger partial charge in [0.25, 0.3) is 0 Å². The standard InChI is InChI=1S/C43H76O2/c1-7-8-9-10-11-12-13-14-15-16-17-18-19-23-41(44)45-36-28-30-42(5)35(32-36)24-25-37-39-27-26-38(34(4)22-20-21-33(2)3)43(39,6)31-29-40(37)42/h24,33-34,36-40H,7-23,25-32H2,1-6H3/t34?,36-,37-,38+,39-,40-,42-,43+/m0/s1. The zero-order chi connectivity index (χ0) is 32.3. The largest absolute Gasteiger partial charge is 0.462 e. The first-order valence-corrected chi connectivity index (χ1v) is 20.6. The van der Waals surface area contributed by atoms with Crippen molar-refractivity contribution >= 4 is 5.97 Å². The molecule has 0 heterocycles. The normalized spacial score (nSPS) is 33.3. The van der Waals surface area contributed by atoms with E-state index in [9.17, 15) is 4.79 Å². The fourth-order valence-electron chi connectivity index (χ4n) is 11.3. The summed E-state index contributed by atoms with van der Waals surface area (Å²) in [6.07, 6.45) is 35.4. The molecule has 260 valence electrons. The smallest absolute Gasteiger partial charge is 0.306 e. The van der Waals surface area contributed by atoms with Gasteiger partial charge in [-0.15, -0.1) is 0 Å². The second-order valence-electron chi connectivity index (χ2n) is 17.6. The average Bonchev–Trinajstić information content (AvgIpc) is 3.37. The van der Waals surface area contributed by atoms with Gasteiger partial charge in [-0.25, -0.2) is 0 Å². The maximum Gasteiger partial charge on any atom is 0.306 e. The summed E-state index contributed by atoms with van der Waals surface area (Å²) in [5.74, 6) is 5.34. The molecule has 0 spiro atoms. The molecule has 2 nitrogen and oxygen atoms in total. The van der Waals surface area contributed by atoms with Crippen LogP contribution in [0.3, 0.4) is 0 Å². The number of ether oxygens (including phenoxy) is 1. The van der Waals surface area contributed by atoms with E-state index in [1.165, 1.54) is 135 Å². The Bertz CT molecular complexity index is 904. The molecule has 45 heavy (non-hydrogen) atoms. The Kier molecular flexibility index (Phi) is 14.9. The van der Waals surface area contributed by atoms with Crippen LogP contribution in [0.5, 0.6) is 0 Å². The summed E-state index contributed by atoms with van der Waals surface area (Å²) < 4.78 is 6.12. The highest BCUT2D eigenvalue weighted by molar-refractivity contribution is 5.69. The molecule has 0 aliphatic heterocycles. The Morgan fingerprint density at radius 1 is 0.778 bits per heavy atom. The van der Waals surface area contributed by atoms with Crippen molar-refractivity contribution in [3.63, 3.8) is 0 Å². The van der Waals surface area contributed by atoms with E-state index in [2.05, 4.69) is 47.6 Å². The van der Waals surface area contributed by atoms with Crippen molar-refractivity contribution in [2.24, 2.45) is 46.3 Å². The summed E-state index contributed by atoms with van der Waals surface area (Å²) in [6, 6.07) is 0. The Balaban J connectivity index is 1.14. The lowest BCUT2D eigenvalue weighted by Gasteiger charge is -2.58. The van der Waals surface area contributed by atoms with Gasteiger partial charge in [-0.3, -0.25) is 4.79 Å². The van der Waals surface area contributed by atoms with Crippen LogP contribution < -0.4 is 0 Å². The van der Waals surface area contributed by atoms with E-state index in [0.717, 1.165) is 54.8 Å². The number of rotatable bonds is 20. The van der Waals surface area contributed by atoms with Crippen molar-refractivity contribution < 1.29 is 9.53 Å². The molecular formula is C43H76O2. The lowest BCUT2D eigenvalue weighted by molar-refractivity contribution is -0.151. The number of unbranched alkanes of at least 4 members (excludes halogenated alkanes) is 12. The third-order valence-electron chi connectivity index (χ3n) is 14.0. The second kappa shape index (κ2) is 18.1. The van der Waals surface area contributed by atoms with E-state index in [4.69, 9.17) is 4.74 Å². The van der Waals surface area contributed by atoms with Gasteiger partial charge >= 0.3 is 5.97 Å². The van der Waals surface area contributed by atoms with Gasteiger partial charge in [0, 0.05) is 12.8 Å². The number of hydrogen-bond donors (Lipinski definition) is 0. The van der Waals surface area contributed by atoms with Crippen molar-refractivity contribution in [2.45, 2.75) is 208 Å². The minimum absolute atomic E-state index is 0.0638. The molecule has 0 bridgehead atoms. The van der Waals surface area contributed by atoms with E-state index in [0.29, 0.717) is 17.3 Å². The number of carbonyl (C=O) groups is 1. The molecular weight excluding hydrogens is 548 g/mol. The van der Waals surface area contributed by atoms with Gasteiger partial charge in [0.05, 0.1) is 0 Å². The molecule has 0 aromatic carbocycles. The summed E-state index contributed by atoms with van der Waals surface area (Å²) in [7, 11) is 0. The number of allylic oxidation sites excluding steroid dienone is 1. The predicted molar refractivity (Wildman–Crippen MR) is 193 cm³/mol. The zero-order valence-corrected chi connectivity index (χ0v) is 31.1. The van der Waals surface area contributed by atoms with Gasteiger partial charge < -0.3 is 4.74 Å². The summed E-state index contributed by atoms with van der Waals surface area (Å²) in [5, 5.41) is 0. The highest BCUT2D eigenvalue weighted by Crippen LogP contribution is 2.67. The number of carbonyl (C=O) groups excluding carboxylic acids is 1. The van der Waals surface area contributed by atoms with E-state index >= 15 is 0 Å². The van der Waals surface area contributed by atoms with Crippen LogP contribution in [0.1, 0.15) is 202 Å². The highest BCUT2D eigenvalue weighted by atomic mass is 16.5. The van der Waals surface area contributed by atoms with Crippen LogP contribution in [0.4, 0.5) is 0 Å². The van der Waals surface area contributed by atoms with E-state index < -0.39 is 0 Å². The van der Waals surface area contributed by atoms with Crippen molar-refractivity contribution in [1.29, 1.82) is 0 Å². The molecule has 3 fully saturated rings. The van der Waals surface area contributed by atoms with Crippen LogP contribution in [-0.2, 0) is 9.53 Å². The van der Waals surface area contributed by atoms with Gasteiger partial charge in [0.15, 0.2) is 0 Å². The molecule has 0 aromatic heterocycles. The predicted octanol–water partition coefficient (Wildman–Crippen LogP) is 13.4. The number of fused-ring (bicyclic) bond motifs is 5. The molecule has 4 aliphatic rings. The number of esters is 1. The fraction of sp³-hybridized carbons (Fsp3) is 0.930. The van der Waals surface area contributed by atoms with Crippen LogP contribution in [0.15, 0.2) is 11.6 Å². The Morgan fingerprint density at radius 2 is 1.42 bits per heavy atom.